The van der Waals surface area contributed by atoms with Gasteiger partial charge >= 0.3 is 12.4 Å². The van der Waals surface area contributed by atoms with Crippen molar-refractivity contribution in [3.8, 4) is 11.3 Å². The third kappa shape index (κ3) is 6.18. The van der Waals surface area contributed by atoms with Crippen LogP contribution in [0.5, 0.6) is 0 Å². The zero-order chi connectivity index (χ0) is 27.5. The van der Waals surface area contributed by atoms with Gasteiger partial charge in [0.15, 0.2) is 12.1 Å². The quantitative estimate of drug-likeness (QED) is 0.151. The Labute approximate surface area is 212 Å². The standard InChI is InChI=1S/C25H21F6N5O2/c1-38-12-11-33-23(37)22-35-19-13-14(20-18(25(29,30)31)3-2-10-32-20)4-9-17(19)21(36-22)34-16-7-5-15(6-8-16)24(26,27)28/h2-10,13,23,33,37H,11-12H2,1H3,(H,34,35,36). The smallest absolute Gasteiger partial charge is 0.383 e. The molecule has 7 nitrogen and oxygen atoms in total. The Bertz CT molecular complexity index is 1410. The molecule has 2 aromatic carbocycles. The molecule has 2 heterocycles. The Balaban J connectivity index is 1.79. The summed E-state index contributed by atoms with van der Waals surface area (Å²) in [7, 11) is 1.47. The number of rotatable bonds is 8. The van der Waals surface area contributed by atoms with E-state index in [-0.39, 0.29) is 47.3 Å². The number of benzene rings is 2. The molecule has 200 valence electrons. The molecule has 4 aromatic rings. The molecule has 0 spiro atoms. The fourth-order valence-electron chi connectivity index (χ4n) is 3.64. The SMILES string of the molecule is COCCNC(O)c1nc(Nc2ccc(C(F)(F)F)cc2)c2ccc(-c3ncccc3C(F)(F)F)cc2n1. The molecule has 0 saturated carbocycles. The van der Waals surface area contributed by atoms with Crippen LogP contribution in [0.4, 0.5) is 37.8 Å². The number of aliphatic hydroxyl groups excluding tert-OH is 1. The van der Waals surface area contributed by atoms with Crippen LogP contribution in [0, 0.1) is 0 Å². The highest BCUT2D eigenvalue weighted by Gasteiger charge is 2.34. The van der Waals surface area contributed by atoms with Gasteiger partial charge in [0.1, 0.15) is 5.82 Å². The maximum atomic E-state index is 13.6. The predicted molar refractivity (Wildman–Crippen MR) is 127 cm³/mol. The highest BCUT2D eigenvalue weighted by Crippen LogP contribution is 2.37. The Hall–Kier alpha value is -3.81. The largest absolute Gasteiger partial charge is 0.418 e. The zero-order valence-corrected chi connectivity index (χ0v) is 19.7. The maximum absolute atomic E-state index is 13.6. The minimum absolute atomic E-state index is 0.114. The van der Waals surface area contributed by atoms with E-state index in [1.54, 1.807) is 0 Å². The summed E-state index contributed by atoms with van der Waals surface area (Å²) < 4.78 is 84.5. The van der Waals surface area contributed by atoms with Crippen molar-refractivity contribution < 1.29 is 36.2 Å². The summed E-state index contributed by atoms with van der Waals surface area (Å²) in [6, 6.07) is 10.6. The van der Waals surface area contributed by atoms with Gasteiger partial charge in [0, 0.05) is 36.5 Å². The van der Waals surface area contributed by atoms with Crippen molar-refractivity contribution in [3.05, 3.63) is 77.7 Å². The monoisotopic (exact) mass is 537 g/mol. The first kappa shape index (κ1) is 27.2. The number of hydrogen-bond donors (Lipinski definition) is 3. The highest BCUT2D eigenvalue weighted by atomic mass is 19.4. The molecule has 0 fully saturated rings. The number of methoxy groups -OCH3 is 1. The van der Waals surface area contributed by atoms with Gasteiger partial charge in [-0.1, -0.05) is 6.07 Å². The summed E-state index contributed by atoms with van der Waals surface area (Å²) >= 11 is 0. The van der Waals surface area contributed by atoms with Crippen LogP contribution < -0.4 is 10.6 Å². The molecule has 0 saturated heterocycles. The second kappa shape index (κ2) is 10.9. The third-order valence-corrected chi connectivity index (χ3v) is 5.46. The lowest BCUT2D eigenvalue weighted by atomic mass is 10.0. The van der Waals surface area contributed by atoms with Gasteiger partial charge in [0.05, 0.1) is 28.9 Å². The summed E-state index contributed by atoms with van der Waals surface area (Å²) in [6.45, 7) is 0.509. The highest BCUT2D eigenvalue weighted by molar-refractivity contribution is 5.93. The topological polar surface area (TPSA) is 92.2 Å². The molecule has 1 unspecified atom stereocenters. The molecule has 0 bridgehead atoms. The molecule has 1 atom stereocenters. The lowest BCUT2D eigenvalue weighted by molar-refractivity contribution is -0.138. The van der Waals surface area contributed by atoms with E-state index in [2.05, 4.69) is 25.6 Å². The molecule has 0 radical (unpaired) electrons. The van der Waals surface area contributed by atoms with E-state index in [1.165, 1.54) is 49.7 Å². The van der Waals surface area contributed by atoms with Crippen LogP contribution in [0.2, 0.25) is 0 Å². The summed E-state index contributed by atoms with van der Waals surface area (Å²) in [5.41, 5.74) is -1.52. The van der Waals surface area contributed by atoms with Crippen molar-refractivity contribution >= 4 is 22.4 Å². The summed E-state index contributed by atoms with van der Waals surface area (Å²) in [5.74, 6) is 0.0122. The molecular formula is C25H21F6N5O2. The molecule has 38 heavy (non-hydrogen) atoms. The van der Waals surface area contributed by atoms with Gasteiger partial charge in [-0.3, -0.25) is 10.3 Å². The second-order valence-corrected chi connectivity index (χ2v) is 8.11. The minimum atomic E-state index is -4.65. The fourth-order valence-corrected chi connectivity index (χ4v) is 3.64. The summed E-state index contributed by atoms with van der Waals surface area (Å²) in [4.78, 5) is 12.5. The van der Waals surface area contributed by atoms with Gasteiger partial charge in [-0.25, -0.2) is 9.97 Å². The first-order valence-electron chi connectivity index (χ1n) is 11.2. The van der Waals surface area contributed by atoms with Crippen LogP contribution in [-0.4, -0.2) is 40.3 Å². The molecule has 4 rings (SSSR count). The van der Waals surface area contributed by atoms with Gasteiger partial charge in [0.25, 0.3) is 0 Å². The Morgan fingerprint density at radius 2 is 1.68 bits per heavy atom. The number of fused-ring (bicyclic) bond motifs is 1. The summed E-state index contributed by atoms with van der Waals surface area (Å²) in [6.07, 6.45) is -9.29. The number of anilines is 2. The molecule has 0 aliphatic carbocycles. The lowest BCUT2D eigenvalue weighted by Gasteiger charge is -2.16. The molecule has 3 N–H and O–H groups in total. The minimum Gasteiger partial charge on any atom is -0.383 e. The average Bonchev–Trinajstić information content (AvgIpc) is 2.87. The Morgan fingerprint density at radius 1 is 0.947 bits per heavy atom. The molecular weight excluding hydrogens is 516 g/mol. The van der Waals surface area contributed by atoms with Crippen molar-refractivity contribution in [1.82, 2.24) is 20.3 Å². The number of pyridine rings is 1. The number of hydrogen-bond acceptors (Lipinski definition) is 7. The number of alkyl halides is 6. The van der Waals surface area contributed by atoms with Gasteiger partial charge in [-0.15, -0.1) is 0 Å². The number of aromatic nitrogens is 3. The first-order chi connectivity index (χ1) is 18.0. The van der Waals surface area contributed by atoms with Crippen LogP contribution in [0.25, 0.3) is 22.2 Å². The van der Waals surface area contributed by atoms with Gasteiger partial charge < -0.3 is 15.2 Å². The van der Waals surface area contributed by atoms with E-state index in [1.807, 2.05) is 0 Å². The Morgan fingerprint density at radius 3 is 2.34 bits per heavy atom. The lowest BCUT2D eigenvalue weighted by Crippen LogP contribution is -2.26. The van der Waals surface area contributed by atoms with Gasteiger partial charge in [-0.05, 0) is 48.5 Å². The first-order valence-corrected chi connectivity index (χ1v) is 11.2. The molecule has 0 amide bonds. The van der Waals surface area contributed by atoms with E-state index in [9.17, 15) is 31.4 Å². The number of nitrogens with zero attached hydrogens (tertiary/aromatic N) is 3. The average molecular weight is 537 g/mol. The van der Waals surface area contributed by atoms with E-state index < -0.39 is 29.7 Å². The molecule has 0 aliphatic heterocycles. The van der Waals surface area contributed by atoms with Crippen LogP contribution in [0.3, 0.4) is 0 Å². The van der Waals surface area contributed by atoms with E-state index in [4.69, 9.17) is 4.74 Å². The van der Waals surface area contributed by atoms with Crippen molar-refractivity contribution in [1.29, 1.82) is 0 Å². The van der Waals surface area contributed by atoms with Crippen molar-refractivity contribution in [2.45, 2.75) is 18.6 Å². The number of nitrogens with one attached hydrogen (secondary N) is 2. The van der Waals surface area contributed by atoms with Crippen molar-refractivity contribution in [2.75, 3.05) is 25.6 Å². The predicted octanol–water partition coefficient (Wildman–Crippen LogP) is 5.70. The second-order valence-electron chi connectivity index (χ2n) is 8.11. The number of aliphatic hydroxyl groups is 1. The fraction of sp³-hybridized carbons (Fsp3) is 0.240. The Kier molecular flexibility index (Phi) is 7.81. The van der Waals surface area contributed by atoms with Crippen LogP contribution in [0.1, 0.15) is 23.2 Å². The normalized spacial score (nSPS) is 13.1. The van der Waals surface area contributed by atoms with E-state index in [0.29, 0.717) is 5.39 Å². The van der Waals surface area contributed by atoms with E-state index in [0.717, 1.165) is 18.2 Å². The van der Waals surface area contributed by atoms with Gasteiger partial charge in [-0.2, -0.15) is 26.3 Å². The maximum Gasteiger partial charge on any atom is 0.418 e. The molecule has 0 aliphatic rings. The molecule has 13 heteroatoms. The zero-order valence-electron chi connectivity index (χ0n) is 19.7. The van der Waals surface area contributed by atoms with Crippen LogP contribution in [0.15, 0.2) is 60.8 Å². The number of halogens is 6. The third-order valence-electron chi connectivity index (χ3n) is 5.46. The summed E-state index contributed by atoms with van der Waals surface area (Å²) in [5, 5.41) is 16.6. The van der Waals surface area contributed by atoms with E-state index >= 15 is 0 Å². The van der Waals surface area contributed by atoms with Crippen LogP contribution >= 0.6 is 0 Å². The van der Waals surface area contributed by atoms with Crippen molar-refractivity contribution in [3.63, 3.8) is 0 Å². The van der Waals surface area contributed by atoms with Gasteiger partial charge in [0.2, 0.25) is 0 Å². The number of ether oxygens (including phenoxy) is 1. The van der Waals surface area contributed by atoms with Crippen molar-refractivity contribution in [2.24, 2.45) is 0 Å². The molecule has 2 aromatic heterocycles. The van der Waals surface area contributed by atoms with Crippen LogP contribution in [-0.2, 0) is 17.1 Å².